The van der Waals surface area contributed by atoms with E-state index in [1.807, 2.05) is 58.3 Å². The first kappa shape index (κ1) is 86.1. The molecule has 8 rings (SSSR count). The van der Waals surface area contributed by atoms with E-state index >= 15 is 0 Å². The fourth-order valence-corrected chi connectivity index (χ4v) is 11.9. The van der Waals surface area contributed by atoms with Crippen molar-refractivity contribution in [2.24, 2.45) is 27.9 Å². The lowest BCUT2D eigenvalue weighted by molar-refractivity contribution is -0.205. The van der Waals surface area contributed by atoms with Gasteiger partial charge in [0, 0.05) is 165 Å². The van der Waals surface area contributed by atoms with Crippen LogP contribution in [0.2, 0.25) is 15.3 Å². The van der Waals surface area contributed by atoms with E-state index in [0.717, 1.165) is 86.2 Å². The smallest absolute Gasteiger partial charge is 0.303 e. The van der Waals surface area contributed by atoms with Crippen LogP contribution in [-0.2, 0) is 105 Å². The van der Waals surface area contributed by atoms with Crippen LogP contribution in [-0.4, -0.2) is 228 Å². The van der Waals surface area contributed by atoms with Crippen molar-refractivity contribution < 1.29 is 105 Å². The maximum atomic E-state index is 14.2. The summed E-state index contributed by atoms with van der Waals surface area (Å²) in [5.41, 5.74) is 25.5. The van der Waals surface area contributed by atoms with E-state index in [9.17, 15) is 57.5 Å². The molecule has 9 N–H and O–H groups in total. The number of esters is 10. The molecule has 6 aromatic rings. The van der Waals surface area contributed by atoms with Crippen LogP contribution in [0.5, 0.6) is 0 Å². The van der Waals surface area contributed by atoms with Crippen molar-refractivity contribution in [2.75, 3.05) is 75.4 Å². The number of aliphatic imine (C=N–C) groups is 1. The molecule has 2 amide bonds. The fraction of sp³-hybridized carbons (Fsp3) is 0.400. The maximum Gasteiger partial charge on any atom is 0.303 e. The third-order valence-corrected chi connectivity index (χ3v) is 16.1. The maximum absolute atomic E-state index is 14.2. The van der Waals surface area contributed by atoms with E-state index in [0.29, 0.717) is 75.0 Å². The number of fused-ring (bicyclic) bond motifs is 2. The molecule has 2 aliphatic rings. The number of nitrogens with one attached hydrogen (secondary N) is 1. The Morgan fingerprint density at radius 3 is 1.10 bits per heavy atom. The third-order valence-electron chi connectivity index (χ3n) is 15.5. The summed E-state index contributed by atoms with van der Waals surface area (Å²) in [6.07, 6.45) is -13.9. The van der Waals surface area contributed by atoms with Crippen LogP contribution in [0.15, 0.2) is 89.9 Å². The molecule has 36 nitrogen and oxygen atoms in total. The first-order chi connectivity index (χ1) is 51.4. The molecule has 2 saturated heterocycles. The van der Waals surface area contributed by atoms with Gasteiger partial charge in [-0.1, -0.05) is 47.5 Å². The lowest BCUT2D eigenvalue weighted by atomic mass is 10.0. The van der Waals surface area contributed by atoms with E-state index in [2.05, 4.69) is 36.4 Å². The van der Waals surface area contributed by atoms with Crippen molar-refractivity contribution in [3.8, 4) is 22.5 Å². The molecule has 0 unspecified atom stereocenters. The van der Waals surface area contributed by atoms with Gasteiger partial charge in [0.1, 0.15) is 13.2 Å². The number of guanidine groups is 2. The topological polar surface area (TPSA) is 502 Å². The highest BCUT2D eigenvalue weighted by atomic mass is 35.5. The number of nitrogens with two attached hydrogens (primary N) is 4. The number of aromatic nitrogens is 4. The Hall–Kier alpha value is -11.8. The standard InChI is InChI=1S/C35H40ClN7O11.C34H36Cl2N4O11.CH5N3/c1-18(44)50-17-28(51-19(2)45)30(52-20(3)46)31(53-21(4)47)32(54-22(5)48)33(49)43-13-11-42(12-14-43)25-8-6-7-23(15-25)29-26-16-24(36)9-10-27(26)39-35(40-29)41-34(37)38;1-18(41)47-17-28(48-19(2)42)30(49-20(3)43)31(50-21(4)44)32(51-22(5)45)33(46)40-13-11-39(12-14-40)25-8-6-7-23(15-25)29-26-16-24(35)9-10-27(26)37-34(36)38-29;2-1(3)4/h6-10,15-16,28,30-32H,11-14,17H2,1-5H3,(H4,37,38,39,40,41);6-10,15-16,28,30-32H,11-14,17H2,1-5H3;(H5,2,3,4)/t2*28-,30-,31+,32-;/m11./s1. The number of amides is 2. The Kier molecular flexibility index (Phi) is 31.8. The normalized spacial score (nSPS) is 14.7. The van der Waals surface area contributed by atoms with Crippen molar-refractivity contribution in [1.29, 1.82) is 5.41 Å². The third kappa shape index (κ3) is 26.3. The van der Waals surface area contributed by atoms with Crippen LogP contribution in [0.4, 0.5) is 17.3 Å². The van der Waals surface area contributed by atoms with E-state index < -0.39 is 134 Å². The summed E-state index contributed by atoms with van der Waals surface area (Å²) in [4.78, 5) is 178. The summed E-state index contributed by atoms with van der Waals surface area (Å²) < 4.78 is 53.1. The number of benzene rings is 4. The van der Waals surface area contributed by atoms with Crippen LogP contribution in [0.1, 0.15) is 69.2 Å². The largest absolute Gasteiger partial charge is 0.462 e. The molecule has 2 fully saturated rings. The highest BCUT2D eigenvalue weighted by molar-refractivity contribution is 6.32. The molecule has 0 saturated carbocycles. The summed E-state index contributed by atoms with van der Waals surface area (Å²) >= 11 is 18.8. The minimum absolute atomic E-state index is 0.0632. The Morgan fingerprint density at radius 2 is 0.761 bits per heavy atom. The van der Waals surface area contributed by atoms with Gasteiger partial charge in [0.05, 0.1) is 22.4 Å². The second kappa shape index (κ2) is 40.2. The first-order valence-corrected chi connectivity index (χ1v) is 34.2. The summed E-state index contributed by atoms with van der Waals surface area (Å²) in [5.74, 6) is -10.8. The Balaban J connectivity index is 0.000000325. The minimum Gasteiger partial charge on any atom is -0.462 e. The fourth-order valence-electron chi connectivity index (χ4n) is 11.4. The zero-order chi connectivity index (χ0) is 80.7. The number of piperazine rings is 2. The Morgan fingerprint density at radius 1 is 0.422 bits per heavy atom. The second-order valence-corrected chi connectivity index (χ2v) is 25.2. The summed E-state index contributed by atoms with van der Waals surface area (Å²) in [6.45, 7) is 11.0. The molecule has 2 aromatic heterocycles. The van der Waals surface area contributed by atoms with Crippen LogP contribution in [0.25, 0.3) is 44.3 Å². The quantitative estimate of drug-likeness (QED) is 0.0176. The number of carbonyl (C=O) groups is 12. The highest BCUT2D eigenvalue weighted by Crippen LogP contribution is 2.35. The SMILES string of the molecule is CC(=O)OC[C@@H](OC(C)=O)[C@@H](OC(C)=O)[C@H](OC(C)=O)[C@@H](OC(C)=O)C(=O)N1CCN(c2cccc(-c3nc(Cl)nc4ccc(Cl)cc34)c2)CC1.CC(=O)OC[C@@H](OC(C)=O)[C@@H](OC(C)=O)[C@H](OC(C)=O)[C@@H](OC(C)=O)C(=O)N1CCN(c2cccc(-c3nc(N=C(N)N)nc4ccc(Cl)cc34)c2)CC1.N=C(N)N. The lowest BCUT2D eigenvalue weighted by Crippen LogP contribution is -2.59. The van der Waals surface area contributed by atoms with Crippen LogP contribution in [0, 0.1) is 5.41 Å². The highest BCUT2D eigenvalue weighted by Gasteiger charge is 2.50. The number of rotatable bonds is 25. The van der Waals surface area contributed by atoms with Gasteiger partial charge < -0.3 is 89.9 Å². The van der Waals surface area contributed by atoms with Gasteiger partial charge in [-0.15, -0.1) is 0 Å². The van der Waals surface area contributed by atoms with Gasteiger partial charge in [0.2, 0.25) is 17.5 Å². The molecule has 4 heterocycles. The molecule has 0 radical (unpaired) electrons. The van der Waals surface area contributed by atoms with Gasteiger partial charge >= 0.3 is 59.7 Å². The molecule has 584 valence electrons. The number of nitrogens with zero attached hydrogens (tertiary/aromatic N) is 9. The van der Waals surface area contributed by atoms with E-state index in [-0.39, 0.29) is 49.3 Å². The van der Waals surface area contributed by atoms with Gasteiger partial charge in [-0.2, -0.15) is 4.99 Å². The predicted molar refractivity (Wildman–Crippen MR) is 392 cm³/mol. The van der Waals surface area contributed by atoms with E-state index in [1.165, 1.54) is 9.80 Å². The number of ether oxygens (including phenoxy) is 10. The van der Waals surface area contributed by atoms with Crippen LogP contribution >= 0.6 is 34.8 Å². The van der Waals surface area contributed by atoms with Crippen molar-refractivity contribution in [2.45, 2.75) is 118 Å². The number of halogens is 3. The first-order valence-electron chi connectivity index (χ1n) is 33.1. The molecule has 109 heavy (non-hydrogen) atoms. The van der Waals surface area contributed by atoms with Gasteiger partial charge in [-0.05, 0) is 72.3 Å². The van der Waals surface area contributed by atoms with Crippen molar-refractivity contribution >= 4 is 157 Å². The van der Waals surface area contributed by atoms with Gasteiger partial charge in [-0.25, -0.2) is 19.9 Å². The molecule has 0 spiro atoms. The lowest BCUT2D eigenvalue weighted by Gasteiger charge is -2.40. The average molecular weight is 1580 g/mol. The number of anilines is 2. The van der Waals surface area contributed by atoms with Gasteiger partial charge in [0.25, 0.3) is 17.8 Å². The minimum atomic E-state index is -1.86. The molecule has 2 aliphatic heterocycles. The zero-order valence-electron chi connectivity index (χ0n) is 60.7. The summed E-state index contributed by atoms with van der Waals surface area (Å²) in [5, 5.41) is 8.51. The van der Waals surface area contributed by atoms with Crippen molar-refractivity contribution in [3.05, 3.63) is 100 Å². The van der Waals surface area contributed by atoms with Crippen LogP contribution in [0.3, 0.4) is 0 Å². The van der Waals surface area contributed by atoms with E-state index in [1.54, 1.807) is 36.4 Å². The molecular weight excluding hydrogens is 1500 g/mol. The molecule has 8 atom stereocenters. The van der Waals surface area contributed by atoms with Gasteiger partial charge in [-0.3, -0.25) is 62.9 Å². The molecule has 0 bridgehead atoms. The molecule has 39 heteroatoms. The van der Waals surface area contributed by atoms with Crippen LogP contribution < -0.4 is 32.7 Å². The molecular formula is C70H81Cl3N14O22. The molecule has 4 aromatic carbocycles. The number of carbonyl (C=O) groups excluding carboxylic acids is 12. The molecule has 0 aliphatic carbocycles. The zero-order valence-corrected chi connectivity index (χ0v) is 63.0. The number of hydrogen-bond donors (Lipinski definition) is 5. The Labute approximate surface area is 638 Å². The average Bonchev–Trinajstić information content (AvgIpc) is 0.793. The van der Waals surface area contributed by atoms with Crippen molar-refractivity contribution in [3.63, 3.8) is 0 Å². The summed E-state index contributed by atoms with van der Waals surface area (Å²) in [7, 11) is 0. The second-order valence-electron chi connectivity index (χ2n) is 24.0. The van der Waals surface area contributed by atoms with Gasteiger partial charge in [0.15, 0.2) is 48.5 Å². The predicted octanol–water partition coefficient (Wildman–Crippen LogP) is 4.17. The van der Waals surface area contributed by atoms with E-state index in [4.69, 9.17) is 99.0 Å². The Bertz CT molecular complexity index is 4420. The number of hydrogen-bond acceptors (Lipinski definition) is 30. The summed E-state index contributed by atoms with van der Waals surface area (Å²) in [6, 6.07) is 25.4. The van der Waals surface area contributed by atoms with Crippen molar-refractivity contribution in [1.82, 2.24) is 29.7 Å². The monoisotopic (exact) mass is 1570 g/mol.